The molecule has 1 saturated heterocycles. The molecule has 0 spiro atoms. The van der Waals surface area contributed by atoms with Crippen LogP contribution in [0.2, 0.25) is 0 Å². The van der Waals surface area contributed by atoms with Crippen LogP contribution in [0.4, 0.5) is 4.79 Å². The van der Waals surface area contributed by atoms with E-state index in [0.29, 0.717) is 13.1 Å². The number of hydrogen-bond acceptors (Lipinski definition) is 2. The van der Waals surface area contributed by atoms with E-state index >= 15 is 0 Å². The van der Waals surface area contributed by atoms with Crippen molar-refractivity contribution in [1.29, 1.82) is 0 Å². The Kier molecular flexibility index (Phi) is 4.61. The number of nitrogens with one attached hydrogen (secondary N) is 1. The highest BCUT2D eigenvalue weighted by atomic mass is 16.4. The molecule has 1 aromatic carbocycles. The zero-order valence-corrected chi connectivity index (χ0v) is 11.6. The average Bonchev–Trinajstić information content (AvgIpc) is 2.40. The summed E-state index contributed by atoms with van der Waals surface area (Å²) in [6.45, 7) is 3.09. The van der Waals surface area contributed by atoms with Crippen LogP contribution in [0.15, 0.2) is 30.3 Å². The van der Waals surface area contributed by atoms with Crippen molar-refractivity contribution in [2.45, 2.75) is 25.8 Å². The van der Waals surface area contributed by atoms with Crippen LogP contribution in [-0.2, 0) is 4.79 Å². The quantitative estimate of drug-likeness (QED) is 0.866. The lowest BCUT2D eigenvalue weighted by Crippen LogP contribution is -2.54. The van der Waals surface area contributed by atoms with Gasteiger partial charge in [0.1, 0.15) is 0 Å². The number of carboxylic acid groups (broad SMARTS) is 1. The van der Waals surface area contributed by atoms with Crippen LogP contribution in [0.25, 0.3) is 0 Å². The van der Waals surface area contributed by atoms with E-state index in [-0.39, 0.29) is 24.4 Å². The summed E-state index contributed by atoms with van der Waals surface area (Å²) in [4.78, 5) is 24.3. The summed E-state index contributed by atoms with van der Waals surface area (Å²) in [6, 6.07) is 9.75. The van der Waals surface area contributed by atoms with Crippen molar-refractivity contribution in [2.24, 2.45) is 5.92 Å². The summed E-state index contributed by atoms with van der Waals surface area (Å²) in [7, 11) is 0. The van der Waals surface area contributed by atoms with E-state index in [0.717, 1.165) is 12.0 Å². The Hall–Kier alpha value is -2.04. The van der Waals surface area contributed by atoms with Gasteiger partial charge in [0.2, 0.25) is 0 Å². The molecule has 1 unspecified atom stereocenters. The molecule has 1 aliphatic heterocycles. The summed E-state index contributed by atoms with van der Waals surface area (Å²) < 4.78 is 0. The van der Waals surface area contributed by atoms with Crippen molar-refractivity contribution >= 4 is 12.0 Å². The number of carbonyl (C=O) groups is 2. The first-order valence-corrected chi connectivity index (χ1v) is 6.92. The number of rotatable bonds is 5. The second kappa shape index (κ2) is 6.41. The minimum Gasteiger partial charge on any atom is -0.481 e. The van der Waals surface area contributed by atoms with Crippen LogP contribution >= 0.6 is 0 Å². The molecule has 0 aromatic heterocycles. The van der Waals surface area contributed by atoms with Crippen molar-refractivity contribution < 1.29 is 14.7 Å². The molecule has 2 amide bonds. The number of likely N-dealkylation sites (tertiary alicyclic amines) is 1. The fraction of sp³-hybridized carbons (Fsp3) is 0.467. The van der Waals surface area contributed by atoms with Gasteiger partial charge >= 0.3 is 12.0 Å². The zero-order chi connectivity index (χ0) is 14.5. The van der Waals surface area contributed by atoms with Crippen molar-refractivity contribution in [3.8, 4) is 0 Å². The number of urea groups is 1. The number of carbonyl (C=O) groups excluding carboxylic acids is 1. The molecule has 108 valence electrons. The minimum atomic E-state index is -0.800. The Bertz CT molecular complexity index is 469. The largest absolute Gasteiger partial charge is 0.481 e. The summed E-state index contributed by atoms with van der Waals surface area (Å²) in [5.74, 6) is -0.708. The maximum absolute atomic E-state index is 12.1. The molecule has 1 aliphatic rings. The molecule has 5 heteroatoms. The lowest BCUT2D eigenvalue weighted by molar-refractivity contribution is -0.139. The maximum atomic E-state index is 12.1. The highest BCUT2D eigenvalue weighted by Crippen LogP contribution is 2.21. The predicted molar refractivity (Wildman–Crippen MR) is 75.3 cm³/mol. The van der Waals surface area contributed by atoms with Crippen molar-refractivity contribution in [3.63, 3.8) is 0 Å². The monoisotopic (exact) mass is 276 g/mol. The molecule has 0 aliphatic carbocycles. The molecule has 20 heavy (non-hydrogen) atoms. The maximum Gasteiger partial charge on any atom is 0.317 e. The second-order valence-electron chi connectivity index (χ2n) is 5.19. The van der Waals surface area contributed by atoms with Gasteiger partial charge in [0, 0.05) is 19.0 Å². The molecule has 1 fully saturated rings. The Balaban J connectivity index is 1.84. The van der Waals surface area contributed by atoms with Crippen LogP contribution in [0, 0.1) is 5.92 Å². The summed E-state index contributed by atoms with van der Waals surface area (Å²) in [5.41, 5.74) is 1.09. The Labute approximate surface area is 118 Å². The summed E-state index contributed by atoms with van der Waals surface area (Å²) in [6.07, 6.45) is 0.960. The SMILES string of the molecule is CCC(NC(=O)N1CC(CC(=O)O)C1)c1ccccc1. The number of amides is 2. The highest BCUT2D eigenvalue weighted by Gasteiger charge is 2.32. The number of aliphatic carboxylic acids is 1. The van der Waals surface area contributed by atoms with Gasteiger partial charge in [0.25, 0.3) is 0 Å². The van der Waals surface area contributed by atoms with Gasteiger partial charge in [-0.05, 0) is 12.0 Å². The molecule has 0 bridgehead atoms. The molecular formula is C15H20N2O3. The van der Waals surface area contributed by atoms with Crippen molar-refractivity contribution in [1.82, 2.24) is 10.2 Å². The van der Waals surface area contributed by atoms with E-state index in [1.165, 1.54) is 0 Å². The van der Waals surface area contributed by atoms with Crippen LogP contribution < -0.4 is 5.32 Å². The number of nitrogens with zero attached hydrogens (tertiary/aromatic N) is 1. The van der Waals surface area contributed by atoms with E-state index < -0.39 is 5.97 Å². The zero-order valence-electron chi connectivity index (χ0n) is 11.6. The van der Waals surface area contributed by atoms with Gasteiger partial charge < -0.3 is 15.3 Å². The number of hydrogen-bond donors (Lipinski definition) is 2. The molecule has 2 rings (SSSR count). The molecule has 0 radical (unpaired) electrons. The third kappa shape index (κ3) is 3.50. The first-order chi connectivity index (χ1) is 9.60. The highest BCUT2D eigenvalue weighted by molar-refractivity contribution is 5.76. The van der Waals surface area contributed by atoms with Gasteiger partial charge in [-0.1, -0.05) is 37.3 Å². The van der Waals surface area contributed by atoms with Crippen molar-refractivity contribution in [2.75, 3.05) is 13.1 Å². The molecule has 1 heterocycles. The van der Waals surface area contributed by atoms with Crippen LogP contribution in [-0.4, -0.2) is 35.1 Å². The normalized spacial score (nSPS) is 16.4. The fourth-order valence-electron chi connectivity index (χ4n) is 2.46. The molecule has 2 N–H and O–H groups in total. The topological polar surface area (TPSA) is 69.6 Å². The van der Waals surface area contributed by atoms with Crippen LogP contribution in [0.3, 0.4) is 0 Å². The van der Waals surface area contributed by atoms with Crippen molar-refractivity contribution in [3.05, 3.63) is 35.9 Å². The van der Waals surface area contributed by atoms with Gasteiger partial charge in [0.15, 0.2) is 0 Å². The molecule has 0 saturated carbocycles. The smallest absolute Gasteiger partial charge is 0.317 e. The van der Waals surface area contributed by atoms with Gasteiger partial charge in [-0.3, -0.25) is 4.79 Å². The van der Waals surface area contributed by atoms with E-state index in [4.69, 9.17) is 5.11 Å². The molecular weight excluding hydrogens is 256 g/mol. The molecule has 1 atom stereocenters. The Morgan fingerprint density at radius 2 is 2.00 bits per heavy atom. The Morgan fingerprint density at radius 3 is 2.55 bits per heavy atom. The van der Waals surface area contributed by atoms with Crippen LogP contribution in [0.5, 0.6) is 0 Å². The van der Waals surface area contributed by atoms with E-state index in [1.807, 2.05) is 37.3 Å². The molecule has 1 aromatic rings. The van der Waals surface area contributed by atoms with Gasteiger partial charge in [0.05, 0.1) is 12.5 Å². The third-order valence-corrected chi connectivity index (χ3v) is 3.62. The van der Waals surface area contributed by atoms with Gasteiger partial charge in [-0.2, -0.15) is 0 Å². The first-order valence-electron chi connectivity index (χ1n) is 6.92. The number of benzene rings is 1. The van der Waals surface area contributed by atoms with E-state index in [2.05, 4.69) is 5.32 Å². The standard InChI is InChI=1S/C15H20N2O3/c1-2-13(12-6-4-3-5-7-12)16-15(20)17-9-11(10-17)8-14(18)19/h3-7,11,13H,2,8-10H2,1H3,(H,16,20)(H,18,19). The predicted octanol–water partition coefficient (Wildman–Crippen LogP) is 2.25. The number of carboxylic acids is 1. The summed E-state index contributed by atoms with van der Waals surface area (Å²) >= 11 is 0. The first kappa shape index (κ1) is 14.4. The van der Waals surface area contributed by atoms with E-state index in [9.17, 15) is 9.59 Å². The Morgan fingerprint density at radius 1 is 1.35 bits per heavy atom. The third-order valence-electron chi connectivity index (χ3n) is 3.62. The fourth-order valence-corrected chi connectivity index (χ4v) is 2.46. The van der Waals surface area contributed by atoms with E-state index in [1.54, 1.807) is 4.90 Å². The molecule has 5 nitrogen and oxygen atoms in total. The lowest BCUT2D eigenvalue weighted by Gasteiger charge is -2.39. The minimum absolute atomic E-state index is 0.00206. The lowest BCUT2D eigenvalue weighted by atomic mass is 9.97. The van der Waals surface area contributed by atoms with Crippen LogP contribution in [0.1, 0.15) is 31.4 Å². The van der Waals surface area contributed by atoms with Gasteiger partial charge in [-0.25, -0.2) is 4.79 Å². The van der Waals surface area contributed by atoms with Gasteiger partial charge in [-0.15, -0.1) is 0 Å². The average molecular weight is 276 g/mol. The second-order valence-corrected chi connectivity index (χ2v) is 5.19. The summed E-state index contributed by atoms with van der Waals surface area (Å²) in [5, 5.41) is 11.7.